The van der Waals surface area contributed by atoms with Gasteiger partial charge in [-0.25, -0.2) is 4.99 Å². The smallest absolute Gasteiger partial charge is 0.111 e. The molecule has 0 saturated carbocycles. The highest BCUT2D eigenvalue weighted by Gasteiger charge is 2.21. The molecule has 0 fully saturated rings. The van der Waals surface area contributed by atoms with E-state index in [9.17, 15) is 0 Å². The molecule has 0 aliphatic rings. The van der Waals surface area contributed by atoms with Crippen molar-refractivity contribution in [2.45, 2.75) is 6.92 Å². The summed E-state index contributed by atoms with van der Waals surface area (Å²) in [4.78, 5) is 5.42. The number of hydrogen-bond acceptors (Lipinski definition) is 2. The van der Waals surface area contributed by atoms with Crippen LogP contribution in [0.15, 0.2) is 132 Å². The monoisotopic (exact) mass is 542 g/mol. The Balaban J connectivity index is 1.58. The van der Waals surface area contributed by atoms with E-state index in [1.54, 1.807) is 0 Å². The van der Waals surface area contributed by atoms with E-state index in [1.165, 1.54) is 47.2 Å². The van der Waals surface area contributed by atoms with Crippen molar-refractivity contribution in [1.82, 2.24) is 4.57 Å². The number of nitrogens with zero attached hydrogens (tertiary/aromatic N) is 2. The second kappa shape index (κ2) is 9.29. The molecule has 41 heavy (non-hydrogen) atoms. The van der Waals surface area contributed by atoms with Gasteiger partial charge in [0.05, 0.1) is 16.7 Å². The summed E-state index contributed by atoms with van der Waals surface area (Å²) in [6.07, 6.45) is 0. The third-order valence-electron chi connectivity index (χ3n) is 8.06. The quantitative estimate of drug-likeness (QED) is 0.153. The maximum atomic E-state index is 5.42. The van der Waals surface area contributed by atoms with Crippen LogP contribution in [0.3, 0.4) is 0 Å². The lowest BCUT2D eigenvalue weighted by Gasteiger charge is -2.12. The number of hydrogen-bond donors (Lipinski definition) is 0. The van der Waals surface area contributed by atoms with Crippen LogP contribution < -0.4 is 10.4 Å². The zero-order chi connectivity index (χ0) is 27.5. The number of benzene rings is 6. The Morgan fingerprint density at radius 3 is 2.07 bits per heavy atom. The predicted molar refractivity (Wildman–Crippen MR) is 179 cm³/mol. The van der Waals surface area contributed by atoms with Gasteiger partial charge in [0.1, 0.15) is 5.84 Å². The zero-order valence-electron chi connectivity index (χ0n) is 22.6. The molecule has 6 aromatic carbocycles. The van der Waals surface area contributed by atoms with Crippen molar-refractivity contribution in [3.05, 3.63) is 143 Å². The molecule has 0 radical (unpaired) electrons. The van der Waals surface area contributed by atoms with Crippen LogP contribution in [-0.4, -0.2) is 10.4 Å². The Labute approximate surface area is 241 Å². The van der Waals surface area contributed by atoms with E-state index in [4.69, 9.17) is 4.99 Å². The predicted octanol–water partition coefficient (Wildman–Crippen LogP) is 8.85. The lowest BCUT2D eigenvalue weighted by molar-refractivity contribution is 1.24. The van der Waals surface area contributed by atoms with E-state index in [2.05, 4.69) is 133 Å². The molecule has 0 atom stereocenters. The zero-order valence-corrected chi connectivity index (χ0v) is 23.5. The molecular weight excluding hydrogens is 516 g/mol. The number of fused-ring (bicyclic) bond motifs is 10. The number of para-hydroxylation sites is 1. The minimum absolute atomic E-state index is 0.919. The van der Waals surface area contributed by atoms with Crippen LogP contribution in [-0.2, 0) is 0 Å². The highest BCUT2D eigenvalue weighted by Crippen LogP contribution is 2.47. The highest BCUT2D eigenvalue weighted by molar-refractivity contribution is 7.27. The molecule has 0 amide bonds. The molecule has 0 aliphatic carbocycles. The van der Waals surface area contributed by atoms with Crippen LogP contribution in [0.5, 0.6) is 0 Å². The Morgan fingerprint density at radius 1 is 0.634 bits per heavy atom. The Morgan fingerprint density at radius 2 is 1.27 bits per heavy atom. The number of aromatic nitrogens is 1. The molecule has 0 bridgehead atoms. The fourth-order valence-electron chi connectivity index (χ4n) is 6.29. The molecule has 0 N–H and O–H groups in total. The Kier molecular flexibility index (Phi) is 5.41. The van der Waals surface area contributed by atoms with Crippen molar-refractivity contribution in [1.29, 1.82) is 0 Å². The molecule has 0 spiro atoms. The van der Waals surface area contributed by atoms with Crippen LogP contribution >= 0.6 is 11.3 Å². The largest absolute Gasteiger partial charge is 0.297 e. The molecule has 0 saturated heterocycles. The van der Waals surface area contributed by atoms with Crippen LogP contribution in [0.2, 0.25) is 0 Å². The van der Waals surface area contributed by atoms with Gasteiger partial charge in [-0.2, -0.15) is 0 Å². The molecule has 0 unspecified atom stereocenters. The van der Waals surface area contributed by atoms with Crippen LogP contribution in [0.25, 0.3) is 65.0 Å². The van der Waals surface area contributed by atoms with Gasteiger partial charge in [-0.1, -0.05) is 122 Å². The molecule has 8 aromatic rings. The minimum Gasteiger partial charge on any atom is -0.297 e. The van der Waals surface area contributed by atoms with Crippen molar-refractivity contribution >= 4 is 82.2 Å². The summed E-state index contributed by atoms with van der Waals surface area (Å²) in [7, 11) is 0. The topological polar surface area (TPSA) is 17.3 Å². The van der Waals surface area contributed by atoms with Crippen molar-refractivity contribution in [2.24, 2.45) is 4.99 Å². The minimum atomic E-state index is 0.919. The molecule has 2 nitrogen and oxygen atoms in total. The van der Waals surface area contributed by atoms with Crippen LogP contribution in [0.1, 0.15) is 12.5 Å². The molecule has 3 heteroatoms. The van der Waals surface area contributed by atoms with Gasteiger partial charge in [0.25, 0.3) is 0 Å². The first-order valence-corrected chi connectivity index (χ1v) is 14.7. The fourth-order valence-corrected chi connectivity index (χ4v) is 7.54. The molecule has 2 heterocycles. The molecule has 8 rings (SSSR count). The second-order valence-corrected chi connectivity index (χ2v) is 11.5. The van der Waals surface area contributed by atoms with Gasteiger partial charge in [0, 0.05) is 52.5 Å². The van der Waals surface area contributed by atoms with Gasteiger partial charge in [0.15, 0.2) is 0 Å². The van der Waals surface area contributed by atoms with E-state index < -0.39 is 0 Å². The summed E-state index contributed by atoms with van der Waals surface area (Å²) in [6, 6.07) is 45.1. The number of rotatable bonds is 2. The molecule has 194 valence electrons. The third kappa shape index (κ3) is 3.60. The Hall–Kier alpha value is -4.99. The molecule has 2 aromatic heterocycles. The summed E-state index contributed by atoms with van der Waals surface area (Å²) < 4.78 is 5.02. The van der Waals surface area contributed by atoms with Gasteiger partial charge in [0.2, 0.25) is 0 Å². The molecule has 0 aliphatic heterocycles. The van der Waals surface area contributed by atoms with Crippen molar-refractivity contribution in [3.8, 4) is 0 Å². The average Bonchev–Trinajstić information content (AvgIpc) is 3.57. The fraction of sp³-hybridized carbons (Fsp3) is 0.0263. The van der Waals surface area contributed by atoms with Crippen LogP contribution in [0, 0.1) is 0 Å². The summed E-state index contributed by atoms with van der Waals surface area (Å²) in [5.74, 6) is 0.919. The first-order valence-electron chi connectivity index (χ1n) is 13.8. The maximum absolute atomic E-state index is 5.42. The average molecular weight is 543 g/mol. The normalized spacial score (nSPS) is 13.1. The first kappa shape index (κ1) is 23.9. The van der Waals surface area contributed by atoms with E-state index >= 15 is 0 Å². The number of thiophene rings is 1. The summed E-state index contributed by atoms with van der Waals surface area (Å²) in [5.41, 5.74) is 4.35. The lowest BCUT2D eigenvalue weighted by atomic mass is 10.00. The second-order valence-electron chi connectivity index (χ2n) is 10.5. The van der Waals surface area contributed by atoms with Gasteiger partial charge in [-0.15, -0.1) is 11.3 Å². The van der Waals surface area contributed by atoms with E-state index in [-0.39, 0.29) is 0 Å². The first-order chi connectivity index (χ1) is 20.2. The van der Waals surface area contributed by atoms with E-state index in [1.807, 2.05) is 23.5 Å². The lowest BCUT2D eigenvalue weighted by Crippen LogP contribution is -2.25. The SMILES string of the molecule is C=c1cccc/c1=C(/N=C(C)n1c2ccccc2c2c3c4ccccc4sc3c3ccccc3c21)c1ccccc1. The standard InChI is InChI=1S/C38H26N2S/c1-24-14-6-7-17-27(24)36(26-15-4-3-5-16-26)39-25(2)40-32-22-12-10-20-30(32)34-35-31-21-11-13-23-33(31)41-38(35)29-19-9-8-18-28(29)37(34)40/h3-23H,1H2,2H3/b36-27-,39-25?. The van der Waals surface area contributed by atoms with E-state index in [0.717, 1.165) is 33.1 Å². The van der Waals surface area contributed by atoms with Crippen molar-refractivity contribution in [2.75, 3.05) is 0 Å². The van der Waals surface area contributed by atoms with Gasteiger partial charge < -0.3 is 0 Å². The summed E-state index contributed by atoms with van der Waals surface area (Å²) in [5, 5.41) is 9.70. The maximum Gasteiger partial charge on any atom is 0.111 e. The molecular formula is C38H26N2S. The van der Waals surface area contributed by atoms with Gasteiger partial charge >= 0.3 is 0 Å². The summed E-state index contributed by atoms with van der Waals surface area (Å²) >= 11 is 1.89. The highest BCUT2D eigenvalue weighted by atomic mass is 32.1. The van der Waals surface area contributed by atoms with E-state index in [0.29, 0.717) is 0 Å². The van der Waals surface area contributed by atoms with Crippen LogP contribution in [0.4, 0.5) is 0 Å². The van der Waals surface area contributed by atoms with Crippen molar-refractivity contribution in [3.63, 3.8) is 0 Å². The van der Waals surface area contributed by atoms with Gasteiger partial charge in [-0.3, -0.25) is 4.57 Å². The third-order valence-corrected chi connectivity index (χ3v) is 9.27. The number of aliphatic imine (C=N–C) groups is 1. The van der Waals surface area contributed by atoms with Gasteiger partial charge in [-0.05, 0) is 24.3 Å². The summed E-state index contributed by atoms with van der Waals surface area (Å²) in [6.45, 7) is 6.47. The van der Waals surface area contributed by atoms with Crippen molar-refractivity contribution < 1.29 is 0 Å². The Bertz CT molecular complexity index is 2440.